The number of benzene rings is 3. The summed E-state index contributed by atoms with van der Waals surface area (Å²) in [6.07, 6.45) is 2.32. The second kappa shape index (κ2) is 8.32. The number of nitrogens with zero attached hydrogens (tertiary/aromatic N) is 1. The van der Waals surface area contributed by atoms with Crippen molar-refractivity contribution in [2.45, 2.75) is 25.2 Å². The Hall–Kier alpha value is -3.51. The molecule has 0 heterocycles. The van der Waals surface area contributed by atoms with Crippen molar-refractivity contribution >= 4 is 27.2 Å². The van der Waals surface area contributed by atoms with Gasteiger partial charge in [0, 0.05) is 16.8 Å². The molecule has 0 aromatic heterocycles. The number of allylic oxidation sites excluding steroid dienone is 2. The lowest BCUT2D eigenvalue weighted by atomic mass is 9.92. The lowest BCUT2D eigenvalue weighted by Gasteiger charge is -2.19. The van der Waals surface area contributed by atoms with Gasteiger partial charge in [-0.3, -0.25) is 4.79 Å². The van der Waals surface area contributed by atoms with E-state index in [1.807, 2.05) is 38.1 Å². The number of hydrogen-bond donors (Lipinski definition) is 1. The normalized spacial score (nSPS) is 14.8. The molecule has 1 N–H and O–H groups in total. The minimum absolute atomic E-state index is 0.119. The summed E-state index contributed by atoms with van der Waals surface area (Å²) in [6.45, 7) is 3.99. The van der Waals surface area contributed by atoms with Crippen LogP contribution in [-0.4, -0.2) is 19.9 Å². The van der Waals surface area contributed by atoms with Gasteiger partial charge in [0.1, 0.15) is 0 Å². The van der Waals surface area contributed by atoms with E-state index in [0.29, 0.717) is 11.1 Å². The number of rotatable bonds is 5. The van der Waals surface area contributed by atoms with Gasteiger partial charge in [-0.15, -0.1) is 0 Å². The van der Waals surface area contributed by atoms with Crippen LogP contribution < -0.4 is 5.32 Å². The second-order valence-electron chi connectivity index (χ2n) is 7.37. The van der Waals surface area contributed by atoms with Crippen LogP contribution in [0.3, 0.4) is 0 Å². The van der Waals surface area contributed by atoms with Gasteiger partial charge in [-0.1, -0.05) is 61.0 Å². The average molecular weight is 431 g/mol. The number of carbonyl (C=O) groups is 1. The zero-order chi connectivity index (χ0) is 22.0. The van der Waals surface area contributed by atoms with Crippen molar-refractivity contribution in [1.29, 1.82) is 0 Å². The fourth-order valence-electron chi connectivity index (χ4n) is 3.37. The highest BCUT2D eigenvalue weighted by Crippen LogP contribution is 2.25. The molecule has 4 rings (SSSR count). The van der Waals surface area contributed by atoms with Gasteiger partial charge >= 0.3 is 0 Å². The van der Waals surface area contributed by atoms with Gasteiger partial charge in [0.2, 0.25) is 5.78 Å². The minimum atomic E-state index is -3.94. The van der Waals surface area contributed by atoms with Gasteiger partial charge in [-0.05, 0) is 49.2 Å². The second-order valence-corrected chi connectivity index (χ2v) is 8.98. The maximum absolute atomic E-state index is 13.0. The van der Waals surface area contributed by atoms with Crippen molar-refractivity contribution in [1.82, 2.24) is 0 Å². The maximum Gasteiger partial charge on any atom is 0.282 e. The third kappa shape index (κ3) is 4.34. The third-order valence-corrected chi connectivity index (χ3v) is 6.46. The van der Waals surface area contributed by atoms with E-state index in [1.54, 1.807) is 48.5 Å². The molecule has 0 aliphatic heterocycles. The first-order valence-electron chi connectivity index (χ1n) is 10.0. The molecule has 3 aromatic rings. The fraction of sp³-hybridized carbons (Fsp3) is 0.120. The van der Waals surface area contributed by atoms with Crippen LogP contribution in [0, 0.1) is 6.92 Å². The molecule has 156 valence electrons. The first-order chi connectivity index (χ1) is 14.9. The van der Waals surface area contributed by atoms with Crippen LogP contribution in [0.4, 0.5) is 5.69 Å². The van der Waals surface area contributed by atoms with Crippen LogP contribution in [0.2, 0.25) is 0 Å². The lowest BCUT2D eigenvalue weighted by Crippen LogP contribution is -2.22. The summed E-state index contributed by atoms with van der Waals surface area (Å²) in [5.41, 5.74) is 4.29. The number of hydrogen-bond acceptors (Lipinski definition) is 4. The smallest absolute Gasteiger partial charge is 0.282 e. The van der Waals surface area contributed by atoms with Crippen molar-refractivity contribution < 1.29 is 13.2 Å². The topological polar surface area (TPSA) is 75.6 Å². The Kier molecular flexibility index (Phi) is 5.57. The van der Waals surface area contributed by atoms with E-state index in [1.165, 1.54) is 6.08 Å². The molecule has 0 atom stereocenters. The Balaban J connectivity index is 1.78. The van der Waals surface area contributed by atoms with E-state index in [-0.39, 0.29) is 22.1 Å². The molecule has 1 aliphatic rings. The van der Waals surface area contributed by atoms with Crippen molar-refractivity contribution in [2.75, 3.05) is 5.32 Å². The molecule has 3 aromatic carbocycles. The standard InChI is InChI=1S/C25H22N2O3S/c1-3-18-10-14-20(15-11-18)31(29,30)27-23-16-24(26-19-12-8-17(2)9-13-19)25(28)22-7-5-4-6-21(22)23/h4-16,26H,3H2,1-2H3/b27-23-. The third-order valence-electron chi connectivity index (χ3n) is 5.15. The van der Waals surface area contributed by atoms with Crippen molar-refractivity contribution in [3.05, 3.63) is 107 Å². The number of sulfonamides is 1. The number of anilines is 1. The highest BCUT2D eigenvalue weighted by molar-refractivity contribution is 7.90. The fourth-order valence-corrected chi connectivity index (χ4v) is 4.37. The van der Waals surface area contributed by atoms with Crippen molar-refractivity contribution in [3.63, 3.8) is 0 Å². The number of aryl methyl sites for hydroxylation is 2. The quantitative estimate of drug-likeness (QED) is 0.623. The summed E-state index contributed by atoms with van der Waals surface area (Å²) < 4.78 is 30.0. The predicted molar refractivity (Wildman–Crippen MR) is 123 cm³/mol. The monoisotopic (exact) mass is 430 g/mol. The Morgan fingerprint density at radius 2 is 1.52 bits per heavy atom. The Morgan fingerprint density at radius 1 is 0.871 bits per heavy atom. The Bertz CT molecular complexity index is 1300. The lowest BCUT2D eigenvalue weighted by molar-refractivity contribution is 0.103. The molecule has 31 heavy (non-hydrogen) atoms. The summed E-state index contributed by atoms with van der Waals surface area (Å²) in [5.74, 6) is -0.208. The summed E-state index contributed by atoms with van der Waals surface area (Å²) in [5, 5.41) is 3.11. The van der Waals surface area contributed by atoms with Gasteiger partial charge in [-0.25, -0.2) is 0 Å². The van der Waals surface area contributed by atoms with E-state index in [9.17, 15) is 13.2 Å². The number of ketones is 1. The van der Waals surface area contributed by atoms with Gasteiger partial charge in [0.25, 0.3) is 10.0 Å². The summed E-state index contributed by atoms with van der Waals surface area (Å²) in [7, 11) is -3.94. The summed E-state index contributed by atoms with van der Waals surface area (Å²) in [6, 6.07) is 21.2. The zero-order valence-corrected chi connectivity index (χ0v) is 18.1. The van der Waals surface area contributed by atoms with E-state index in [2.05, 4.69) is 9.71 Å². The van der Waals surface area contributed by atoms with Crippen LogP contribution in [-0.2, 0) is 16.4 Å². The highest BCUT2D eigenvalue weighted by Gasteiger charge is 2.26. The molecule has 0 radical (unpaired) electrons. The van der Waals surface area contributed by atoms with Crippen molar-refractivity contribution in [2.24, 2.45) is 4.40 Å². The van der Waals surface area contributed by atoms with Crippen LogP contribution in [0.25, 0.3) is 0 Å². The molecule has 0 saturated heterocycles. The summed E-state index contributed by atoms with van der Waals surface area (Å²) in [4.78, 5) is 13.1. The maximum atomic E-state index is 13.0. The molecular weight excluding hydrogens is 408 g/mol. The van der Waals surface area contributed by atoms with Crippen molar-refractivity contribution in [3.8, 4) is 0 Å². The van der Waals surface area contributed by atoms with E-state index < -0.39 is 10.0 Å². The largest absolute Gasteiger partial charge is 0.352 e. The molecule has 0 saturated carbocycles. The molecule has 1 aliphatic carbocycles. The van der Waals surface area contributed by atoms with E-state index in [0.717, 1.165) is 23.2 Å². The minimum Gasteiger partial charge on any atom is -0.352 e. The molecular formula is C25H22N2O3S. The number of fused-ring (bicyclic) bond motifs is 1. The summed E-state index contributed by atoms with van der Waals surface area (Å²) >= 11 is 0. The van der Waals surface area contributed by atoms with E-state index >= 15 is 0 Å². The van der Waals surface area contributed by atoms with E-state index in [4.69, 9.17) is 0 Å². The van der Waals surface area contributed by atoms with Gasteiger partial charge in [-0.2, -0.15) is 12.8 Å². The predicted octanol–water partition coefficient (Wildman–Crippen LogP) is 4.93. The molecule has 0 amide bonds. The molecule has 0 spiro atoms. The SMILES string of the molecule is CCc1ccc(S(=O)(=O)/N=C2/C=C(Nc3ccc(C)cc3)C(=O)c3ccccc32)cc1. The van der Waals surface area contributed by atoms with Crippen LogP contribution in [0.1, 0.15) is 34.0 Å². The molecule has 0 fully saturated rings. The average Bonchev–Trinajstić information content (AvgIpc) is 2.78. The highest BCUT2D eigenvalue weighted by atomic mass is 32.2. The van der Waals surface area contributed by atoms with Gasteiger partial charge in [0.15, 0.2) is 0 Å². The number of nitrogens with one attached hydrogen (secondary N) is 1. The first-order valence-corrected chi connectivity index (χ1v) is 11.4. The molecule has 5 nitrogen and oxygen atoms in total. The number of carbonyl (C=O) groups excluding carboxylic acids is 1. The van der Waals surface area contributed by atoms with Crippen LogP contribution in [0.5, 0.6) is 0 Å². The first kappa shape index (κ1) is 20.8. The van der Waals surface area contributed by atoms with Crippen LogP contribution >= 0.6 is 0 Å². The number of Topliss-reactive ketones (excluding diaryl/α,β-unsaturated/α-hetero) is 1. The molecule has 6 heteroatoms. The molecule has 0 unspecified atom stereocenters. The molecule has 0 bridgehead atoms. The Morgan fingerprint density at radius 3 is 2.16 bits per heavy atom. The van der Waals surface area contributed by atoms with Crippen LogP contribution in [0.15, 0.2) is 93.9 Å². The zero-order valence-electron chi connectivity index (χ0n) is 17.3. The van der Waals surface area contributed by atoms with Gasteiger partial charge in [0.05, 0.1) is 16.3 Å². The van der Waals surface area contributed by atoms with Gasteiger partial charge < -0.3 is 5.32 Å². The Labute approximate surface area is 182 Å².